The van der Waals surface area contributed by atoms with Crippen molar-refractivity contribution in [3.8, 4) is 11.8 Å². The Hall–Kier alpha value is -1.54. The van der Waals surface area contributed by atoms with Crippen LogP contribution in [0.15, 0.2) is 0 Å². The van der Waals surface area contributed by atoms with Crippen LogP contribution in [0, 0.1) is 11.8 Å². The summed E-state index contributed by atoms with van der Waals surface area (Å²) in [6, 6.07) is 0. The van der Waals surface area contributed by atoms with Gasteiger partial charge in [0.15, 0.2) is 0 Å². The zero-order chi connectivity index (χ0) is 10.1. The van der Waals surface area contributed by atoms with E-state index in [0.29, 0.717) is 0 Å². The van der Waals surface area contributed by atoms with Gasteiger partial charge in [-0.15, -0.1) is 0 Å². The van der Waals surface area contributed by atoms with Gasteiger partial charge >= 0.3 is 5.97 Å². The fourth-order valence-corrected chi connectivity index (χ4v) is 0.554. The van der Waals surface area contributed by atoms with Crippen LogP contribution in [0.25, 0.3) is 0 Å². The van der Waals surface area contributed by atoms with Gasteiger partial charge in [-0.2, -0.15) is 0 Å². The highest BCUT2D eigenvalue weighted by molar-refractivity contribution is 5.93. The molecule has 0 radical (unpaired) electrons. The molecule has 2 N–H and O–H groups in total. The Morgan fingerprint density at radius 1 is 1.54 bits per heavy atom. The first-order valence-electron chi connectivity index (χ1n) is 3.67. The minimum absolute atomic E-state index is 0.170. The van der Waals surface area contributed by atoms with Crippen molar-refractivity contribution >= 4 is 11.9 Å². The lowest BCUT2D eigenvalue weighted by Gasteiger charge is -2.00. The summed E-state index contributed by atoms with van der Waals surface area (Å²) in [6.45, 7) is 1.64. The third-order valence-electron chi connectivity index (χ3n) is 0.996. The van der Waals surface area contributed by atoms with E-state index in [1.807, 2.05) is 0 Å². The van der Waals surface area contributed by atoms with Gasteiger partial charge in [-0.05, 0) is 12.8 Å². The summed E-state index contributed by atoms with van der Waals surface area (Å²) in [7, 11) is 0. The average molecular weight is 185 g/mol. The molecule has 0 rings (SSSR count). The highest BCUT2D eigenvalue weighted by atomic mass is 16.5. The van der Waals surface area contributed by atoms with Gasteiger partial charge in [0.2, 0.25) is 0 Å². The average Bonchev–Trinajstić information content (AvgIpc) is 2.03. The molecule has 0 saturated heterocycles. The smallest absolute Gasteiger partial charge is 0.329 e. The molecule has 0 heterocycles. The molecule has 72 valence electrons. The van der Waals surface area contributed by atoms with Crippen molar-refractivity contribution in [3.05, 3.63) is 0 Å². The molecule has 0 aliphatic heterocycles. The molecule has 0 aliphatic rings. The van der Waals surface area contributed by atoms with E-state index in [1.165, 1.54) is 0 Å². The minimum Gasteiger partial charge on any atom is -0.480 e. The summed E-state index contributed by atoms with van der Waals surface area (Å²) in [5.41, 5.74) is 0. The maximum absolute atomic E-state index is 10.7. The molecule has 0 atom stereocenters. The third-order valence-corrected chi connectivity index (χ3v) is 0.996. The topological polar surface area (TPSA) is 75.6 Å². The molecule has 0 aliphatic carbocycles. The maximum atomic E-state index is 10.7. The quantitative estimate of drug-likeness (QED) is 0.435. The second-order valence-corrected chi connectivity index (χ2v) is 2.08. The lowest BCUT2D eigenvalue weighted by Crippen LogP contribution is -2.26. The van der Waals surface area contributed by atoms with Crippen LogP contribution >= 0.6 is 0 Å². The van der Waals surface area contributed by atoms with E-state index < -0.39 is 5.97 Å². The molecule has 0 unspecified atom stereocenters. The highest BCUT2D eigenvalue weighted by Gasteiger charge is 1.96. The second kappa shape index (κ2) is 7.13. The molecule has 5 heteroatoms. The zero-order valence-corrected chi connectivity index (χ0v) is 7.29. The van der Waals surface area contributed by atoms with Crippen LogP contribution in [0.1, 0.15) is 6.92 Å². The summed E-state index contributed by atoms with van der Waals surface area (Å²) in [5.74, 6) is 3.29. The fourth-order valence-electron chi connectivity index (χ4n) is 0.554. The monoisotopic (exact) mass is 185 g/mol. The molecule has 13 heavy (non-hydrogen) atoms. The Balaban J connectivity index is 3.29. The van der Waals surface area contributed by atoms with Crippen LogP contribution < -0.4 is 5.32 Å². The second-order valence-electron chi connectivity index (χ2n) is 2.08. The summed E-state index contributed by atoms with van der Waals surface area (Å²) >= 11 is 0. The minimum atomic E-state index is -1.03. The van der Waals surface area contributed by atoms with Gasteiger partial charge in [0.1, 0.15) is 6.61 Å². The SMILES string of the molecule is CC#CC(=O)NCCOCC(=O)O. The molecular formula is C8H11NO4. The lowest BCUT2D eigenvalue weighted by atomic mass is 10.5. The molecule has 1 amide bonds. The zero-order valence-electron chi connectivity index (χ0n) is 7.29. The van der Waals surface area contributed by atoms with Crippen LogP contribution in [0.5, 0.6) is 0 Å². The largest absolute Gasteiger partial charge is 0.480 e. The van der Waals surface area contributed by atoms with Gasteiger partial charge in [0, 0.05) is 6.54 Å². The van der Waals surface area contributed by atoms with E-state index >= 15 is 0 Å². The summed E-state index contributed by atoms with van der Waals surface area (Å²) in [4.78, 5) is 20.6. The first-order chi connectivity index (χ1) is 6.16. The number of nitrogens with one attached hydrogen (secondary N) is 1. The number of aliphatic carboxylic acids is 1. The first kappa shape index (κ1) is 11.5. The van der Waals surface area contributed by atoms with Crippen LogP contribution in [0.3, 0.4) is 0 Å². The predicted octanol–water partition coefficient (Wildman–Crippen LogP) is -0.773. The van der Waals surface area contributed by atoms with Crippen molar-refractivity contribution in [3.63, 3.8) is 0 Å². The number of carboxylic acid groups (broad SMARTS) is 1. The Kier molecular flexibility index (Phi) is 6.28. The molecule has 0 bridgehead atoms. The first-order valence-corrected chi connectivity index (χ1v) is 3.67. The van der Waals surface area contributed by atoms with E-state index in [-0.39, 0.29) is 25.7 Å². The number of rotatable bonds is 5. The van der Waals surface area contributed by atoms with E-state index in [0.717, 1.165) is 0 Å². The number of carbonyl (C=O) groups is 2. The van der Waals surface area contributed by atoms with Crippen molar-refractivity contribution in [2.45, 2.75) is 6.92 Å². The number of hydrogen-bond acceptors (Lipinski definition) is 3. The van der Waals surface area contributed by atoms with Crippen LogP contribution in [0.2, 0.25) is 0 Å². The summed E-state index contributed by atoms with van der Waals surface area (Å²) in [5, 5.41) is 10.6. The van der Waals surface area contributed by atoms with Crippen molar-refractivity contribution < 1.29 is 19.4 Å². The van der Waals surface area contributed by atoms with E-state index in [2.05, 4.69) is 21.9 Å². The summed E-state index contributed by atoms with van der Waals surface area (Å²) < 4.78 is 4.66. The Morgan fingerprint density at radius 2 is 2.23 bits per heavy atom. The molecule has 5 nitrogen and oxygen atoms in total. The van der Waals surface area contributed by atoms with Gasteiger partial charge in [0.25, 0.3) is 5.91 Å². The van der Waals surface area contributed by atoms with Crippen LogP contribution in [0.4, 0.5) is 0 Å². The molecule has 0 saturated carbocycles. The number of hydrogen-bond donors (Lipinski definition) is 2. The third kappa shape index (κ3) is 8.37. The molecular weight excluding hydrogens is 174 g/mol. The Morgan fingerprint density at radius 3 is 2.77 bits per heavy atom. The number of ether oxygens (including phenoxy) is 1. The Labute approximate surface area is 76.1 Å². The lowest BCUT2D eigenvalue weighted by molar-refractivity contribution is -0.142. The van der Waals surface area contributed by atoms with Gasteiger partial charge < -0.3 is 15.2 Å². The van der Waals surface area contributed by atoms with E-state index in [1.54, 1.807) is 6.92 Å². The van der Waals surface area contributed by atoms with Gasteiger partial charge in [0.05, 0.1) is 6.61 Å². The standard InChI is InChI=1S/C8H11NO4/c1-2-3-7(10)9-4-5-13-6-8(11)12/h4-6H2,1H3,(H,9,10)(H,11,12). The van der Waals surface area contributed by atoms with E-state index in [9.17, 15) is 9.59 Å². The summed E-state index contributed by atoms with van der Waals surface area (Å²) in [6.07, 6.45) is 0. The van der Waals surface area contributed by atoms with Crippen LogP contribution in [-0.2, 0) is 14.3 Å². The van der Waals surface area contributed by atoms with Gasteiger partial charge in [-0.1, -0.05) is 5.92 Å². The van der Waals surface area contributed by atoms with Crippen molar-refractivity contribution in [1.29, 1.82) is 0 Å². The molecule has 0 aromatic rings. The Bertz CT molecular complexity index is 238. The van der Waals surface area contributed by atoms with E-state index in [4.69, 9.17) is 5.11 Å². The van der Waals surface area contributed by atoms with Crippen molar-refractivity contribution in [2.24, 2.45) is 0 Å². The van der Waals surface area contributed by atoms with Crippen molar-refractivity contribution in [1.82, 2.24) is 5.32 Å². The highest BCUT2D eigenvalue weighted by Crippen LogP contribution is 1.73. The predicted molar refractivity (Wildman–Crippen MR) is 44.9 cm³/mol. The number of amides is 1. The molecule has 0 aromatic carbocycles. The molecule has 0 fully saturated rings. The van der Waals surface area contributed by atoms with Gasteiger partial charge in [-0.25, -0.2) is 4.79 Å². The maximum Gasteiger partial charge on any atom is 0.329 e. The molecule has 0 aromatic heterocycles. The normalized spacial score (nSPS) is 8.38. The molecule has 0 spiro atoms. The fraction of sp³-hybridized carbons (Fsp3) is 0.500. The van der Waals surface area contributed by atoms with Gasteiger partial charge in [-0.3, -0.25) is 4.79 Å². The van der Waals surface area contributed by atoms with Crippen molar-refractivity contribution in [2.75, 3.05) is 19.8 Å². The van der Waals surface area contributed by atoms with Crippen LogP contribution in [-0.4, -0.2) is 36.7 Å². The number of carboxylic acids is 1. The number of carbonyl (C=O) groups excluding carboxylic acids is 1.